The van der Waals surface area contributed by atoms with Gasteiger partial charge in [-0.25, -0.2) is 14.4 Å². The highest BCUT2D eigenvalue weighted by molar-refractivity contribution is 6.02. The van der Waals surface area contributed by atoms with Crippen molar-refractivity contribution in [3.05, 3.63) is 72.4 Å². The molecule has 7 heteroatoms. The van der Waals surface area contributed by atoms with Crippen molar-refractivity contribution in [1.29, 1.82) is 0 Å². The number of nitrogens with one attached hydrogen (secondary N) is 2. The summed E-state index contributed by atoms with van der Waals surface area (Å²) in [6.45, 7) is 0. The molecule has 0 fully saturated rings. The van der Waals surface area contributed by atoms with Crippen molar-refractivity contribution >= 4 is 23.1 Å². The highest BCUT2D eigenvalue weighted by Crippen LogP contribution is 2.18. The Morgan fingerprint density at radius 1 is 1.04 bits per heavy atom. The summed E-state index contributed by atoms with van der Waals surface area (Å²) < 4.78 is 18.3. The van der Waals surface area contributed by atoms with Gasteiger partial charge >= 0.3 is 0 Å². The highest BCUT2D eigenvalue weighted by Gasteiger charge is 2.09. The van der Waals surface area contributed by atoms with Crippen molar-refractivity contribution in [3.8, 4) is 5.75 Å². The number of rotatable bonds is 5. The van der Waals surface area contributed by atoms with Gasteiger partial charge in [-0.05, 0) is 30.3 Å². The molecule has 6 nitrogen and oxygen atoms in total. The molecule has 0 radical (unpaired) electrons. The quantitative estimate of drug-likeness (QED) is 0.743. The van der Waals surface area contributed by atoms with Gasteiger partial charge in [0.1, 0.15) is 23.1 Å². The summed E-state index contributed by atoms with van der Waals surface area (Å²) in [5, 5.41) is 5.63. The Kier molecular flexibility index (Phi) is 4.84. The first-order chi connectivity index (χ1) is 12.1. The molecule has 3 rings (SSSR count). The highest BCUT2D eigenvalue weighted by atomic mass is 19.1. The van der Waals surface area contributed by atoms with Crippen LogP contribution in [-0.2, 0) is 0 Å². The molecule has 1 amide bonds. The number of hydrogen-bond acceptors (Lipinski definition) is 5. The van der Waals surface area contributed by atoms with Crippen molar-refractivity contribution in [2.45, 2.75) is 0 Å². The normalized spacial score (nSPS) is 10.2. The third-order valence-electron chi connectivity index (χ3n) is 3.31. The van der Waals surface area contributed by atoms with Gasteiger partial charge in [0.2, 0.25) is 0 Å². The Labute approximate surface area is 143 Å². The predicted molar refractivity (Wildman–Crippen MR) is 92.7 cm³/mol. The molecule has 0 atom stereocenters. The minimum atomic E-state index is -0.391. The molecule has 0 aliphatic heterocycles. The zero-order valence-corrected chi connectivity index (χ0v) is 13.4. The molecule has 126 valence electrons. The summed E-state index contributed by atoms with van der Waals surface area (Å²) in [4.78, 5) is 20.4. The van der Waals surface area contributed by atoms with Gasteiger partial charge in [-0.15, -0.1) is 0 Å². The lowest BCUT2D eigenvalue weighted by atomic mass is 10.3. The molecule has 25 heavy (non-hydrogen) atoms. The first-order valence-electron chi connectivity index (χ1n) is 7.44. The van der Waals surface area contributed by atoms with E-state index in [2.05, 4.69) is 20.6 Å². The van der Waals surface area contributed by atoms with Crippen molar-refractivity contribution in [3.63, 3.8) is 0 Å². The number of ether oxygens (including phenoxy) is 1. The maximum Gasteiger partial charge on any atom is 0.275 e. The molecular weight excluding hydrogens is 323 g/mol. The van der Waals surface area contributed by atoms with E-state index < -0.39 is 5.91 Å². The molecule has 0 unspecified atom stereocenters. The van der Waals surface area contributed by atoms with Crippen LogP contribution in [0, 0.1) is 5.82 Å². The van der Waals surface area contributed by atoms with Gasteiger partial charge in [0.05, 0.1) is 19.5 Å². The number of carbonyl (C=O) groups excluding carboxylic acids is 1. The summed E-state index contributed by atoms with van der Waals surface area (Å²) in [6.07, 6.45) is 2.75. The second-order valence-electron chi connectivity index (χ2n) is 5.11. The van der Waals surface area contributed by atoms with E-state index in [1.165, 1.54) is 24.5 Å². The Morgan fingerprint density at radius 3 is 2.56 bits per heavy atom. The standard InChI is InChI=1S/C18H15FN4O2/c1-25-15-7-3-6-14(9-15)23-18(24)16-10-21-17(11-20-16)22-13-5-2-4-12(19)8-13/h2-11H,1H3,(H,21,22)(H,23,24). The molecule has 2 aromatic carbocycles. The van der Waals surface area contributed by atoms with E-state index in [0.717, 1.165) is 0 Å². The van der Waals surface area contributed by atoms with Crippen LogP contribution in [0.2, 0.25) is 0 Å². The van der Waals surface area contributed by atoms with Crippen LogP contribution in [0.3, 0.4) is 0 Å². The summed E-state index contributed by atoms with van der Waals surface area (Å²) in [7, 11) is 1.55. The number of nitrogens with zero attached hydrogens (tertiary/aromatic N) is 2. The lowest BCUT2D eigenvalue weighted by molar-refractivity contribution is 0.102. The lowest BCUT2D eigenvalue weighted by Crippen LogP contribution is -2.14. The van der Waals surface area contributed by atoms with Crippen LogP contribution < -0.4 is 15.4 Å². The predicted octanol–water partition coefficient (Wildman–Crippen LogP) is 3.62. The summed E-state index contributed by atoms with van der Waals surface area (Å²) in [5.41, 5.74) is 1.30. The van der Waals surface area contributed by atoms with Gasteiger partial charge < -0.3 is 15.4 Å². The van der Waals surface area contributed by atoms with E-state index in [0.29, 0.717) is 22.9 Å². The van der Waals surface area contributed by atoms with Crippen LogP contribution in [0.25, 0.3) is 0 Å². The van der Waals surface area contributed by atoms with Gasteiger partial charge in [-0.3, -0.25) is 4.79 Å². The number of methoxy groups -OCH3 is 1. The minimum Gasteiger partial charge on any atom is -0.497 e. The second-order valence-corrected chi connectivity index (χ2v) is 5.11. The topological polar surface area (TPSA) is 76.1 Å². The molecule has 0 aliphatic rings. The largest absolute Gasteiger partial charge is 0.497 e. The van der Waals surface area contributed by atoms with E-state index in [4.69, 9.17) is 4.74 Å². The molecule has 0 spiro atoms. The monoisotopic (exact) mass is 338 g/mol. The Morgan fingerprint density at radius 2 is 1.84 bits per heavy atom. The van der Waals surface area contributed by atoms with Crippen molar-refractivity contribution in [2.75, 3.05) is 17.7 Å². The molecule has 0 saturated carbocycles. The van der Waals surface area contributed by atoms with E-state index in [-0.39, 0.29) is 11.5 Å². The van der Waals surface area contributed by atoms with Gasteiger partial charge in [0.15, 0.2) is 0 Å². The molecule has 0 aliphatic carbocycles. The third-order valence-corrected chi connectivity index (χ3v) is 3.31. The van der Waals surface area contributed by atoms with Crippen molar-refractivity contribution in [1.82, 2.24) is 9.97 Å². The number of hydrogen-bond donors (Lipinski definition) is 2. The van der Waals surface area contributed by atoms with Crippen LogP contribution in [0.5, 0.6) is 5.75 Å². The SMILES string of the molecule is COc1cccc(NC(=O)c2cnc(Nc3cccc(F)c3)cn2)c1. The molecule has 2 N–H and O–H groups in total. The van der Waals surface area contributed by atoms with Gasteiger partial charge in [0.25, 0.3) is 5.91 Å². The van der Waals surface area contributed by atoms with Gasteiger partial charge in [0, 0.05) is 17.4 Å². The zero-order chi connectivity index (χ0) is 17.6. The van der Waals surface area contributed by atoms with Gasteiger partial charge in [-0.1, -0.05) is 12.1 Å². The minimum absolute atomic E-state index is 0.160. The first-order valence-corrected chi connectivity index (χ1v) is 7.44. The lowest BCUT2D eigenvalue weighted by Gasteiger charge is -2.08. The average Bonchev–Trinajstić information content (AvgIpc) is 2.62. The van der Waals surface area contributed by atoms with Crippen molar-refractivity contribution < 1.29 is 13.9 Å². The molecule has 1 aromatic heterocycles. The fourth-order valence-electron chi connectivity index (χ4n) is 2.12. The summed E-state index contributed by atoms with van der Waals surface area (Å²) in [6, 6.07) is 13.0. The average molecular weight is 338 g/mol. The van der Waals surface area contributed by atoms with Crippen LogP contribution >= 0.6 is 0 Å². The number of amides is 1. The number of halogens is 1. The number of anilines is 3. The van der Waals surface area contributed by atoms with Crippen LogP contribution in [0.15, 0.2) is 60.9 Å². The van der Waals surface area contributed by atoms with E-state index in [1.807, 2.05) is 0 Å². The maximum atomic E-state index is 13.2. The molecule has 1 heterocycles. The van der Waals surface area contributed by atoms with E-state index >= 15 is 0 Å². The Hall–Kier alpha value is -3.48. The van der Waals surface area contributed by atoms with E-state index in [1.54, 1.807) is 43.5 Å². The second kappa shape index (κ2) is 7.39. The smallest absolute Gasteiger partial charge is 0.275 e. The molecule has 0 bridgehead atoms. The maximum absolute atomic E-state index is 13.2. The fourth-order valence-corrected chi connectivity index (χ4v) is 2.12. The zero-order valence-electron chi connectivity index (χ0n) is 13.4. The molecule has 3 aromatic rings. The third kappa shape index (κ3) is 4.29. The Bertz CT molecular complexity index is 884. The van der Waals surface area contributed by atoms with Crippen LogP contribution in [0.4, 0.5) is 21.6 Å². The van der Waals surface area contributed by atoms with Crippen LogP contribution in [0.1, 0.15) is 10.5 Å². The van der Waals surface area contributed by atoms with Crippen LogP contribution in [-0.4, -0.2) is 23.0 Å². The number of benzene rings is 2. The molecular formula is C18H15FN4O2. The molecule has 0 saturated heterocycles. The van der Waals surface area contributed by atoms with Gasteiger partial charge in [-0.2, -0.15) is 0 Å². The first kappa shape index (κ1) is 16.4. The fraction of sp³-hybridized carbons (Fsp3) is 0.0556. The Balaban J connectivity index is 1.67. The number of carbonyl (C=O) groups is 1. The summed E-state index contributed by atoms with van der Waals surface area (Å²) >= 11 is 0. The van der Waals surface area contributed by atoms with Crippen molar-refractivity contribution in [2.24, 2.45) is 0 Å². The summed E-state index contributed by atoms with van der Waals surface area (Å²) in [5.74, 6) is 0.298. The van der Waals surface area contributed by atoms with E-state index in [9.17, 15) is 9.18 Å². The number of aromatic nitrogens is 2.